The Labute approximate surface area is 149 Å². The Morgan fingerprint density at radius 3 is 2.29 bits per heavy atom. The van der Waals surface area contributed by atoms with Crippen molar-refractivity contribution in [1.29, 1.82) is 0 Å². The zero-order chi connectivity index (χ0) is 18.7. The van der Waals surface area contributed by atoms with E-state index in [0.29, 0.717) is 25.8 Å². The molecule has 8 heteroatoms. The van der Waals surface area contributed by atoms with Crippen LogP contribution in [0.3, 0.4) is 0 Å². The normalized spacial score (nSPS) is 14.8. The van der Waals surface area contributed by atoms with E-state index in [1.807, 2.05) is 13.8 Å². The Balaban J connectivity index is 4.27. The molecule has 0 aliphatic heterocycles. The van der Waals surface area contributed by atoms with Crippen LogP contribution in [-0.2, 0) is 14.4 Å². The topological polar surface area (TPSA) is 122 Å². The fourth-order valence-corrected chi connectivity index (χ4v) is 2.83. The van der Waals surface area contributed by atoms with Crippen LogP contribution in [0.2, 0.25) is 0 Å². The van der Waals surface area contributed by atoms with Gasteiger partial charge in [-0.05, 0) is 31.6 Å². The molecule has 140 valence electrons. The number of rotatable bonds is 12. The highest BCUT2D eigenvalue weighted by molar-refractivity contribution is 7.81. The number of amides is 2. The highest BCUT2D eigenvalue weighted by Crippen LogP contribution is 2.22. The minimum atomic E-state index is -0.959. The minimum absolute atomic E-state index is 0.144. The molecule has 2 unspecified atom stereocenters. The van der Waals surface area contributed by atoms with Gasteiger partial charge in [0.25, 0.3) is 0 Å². The number of carbonyl (C=O) groups excluding carboxylic acids is 2. The van der Waals surface area contributed by atoms with Crippen LogP contribution in [0.1, 0.15) is 46.0 Å². The molecule has 0 radical (unpaired) electrons. The van der Waals surface area contributed by atoms with Crippen LogP contribution in [0.5, 0.6) is 0 Å². The number of carboxylic acid groups (broad SMARTS) is 1. The van der Waals surface area contributed by atoms with Crippen LogP contribution in [0.25, 0.3) is 0 Å². The van der Waals surface area contributed by atoms with Gasteiger partial charge >= 0.3 is 5.97 Å². The summed E-state index contributed by atoms with van der Waals surface area (Å²) in [6.07, 6.45) is 2.44. The molecular weight excluding hydrogens is 330 g/mol. The lowest BCUT2D eigenvalue weighted by atomic mass is 9.91. The summed E-state index contributed by atoms with van der Waals surface area (Å²) in [5.74, 6) is -1.48. The van der Waals surface area contributed by atoms with Crippen LogP contribution >= 0.6 is 12.6 Å². The summed E-state index contributed by atoms with van der Waals surface area (Å²) in [6, 6.07) is -0.531. The van der Waals surface area contributed by atoms with Crippen molar-refractivity contribution in [1.82, 2.24) is 10.6 Å². The standard InChI is InChI=1S/C16H31N3O4S/c1-10(2)8-11(13(24)9-14(20)21)15(22)19-7-5-4-6-12(17)16(23)18-3/h10-13,24H,4-9,17H2,1-3H3,(H,18,23)(H,19,22)(H,20,21)/t11?,12-,13?/m0/s1. The smallest absolute Gasteiger partial charge is 0.304 e. The van der Waals surface area contributed by atoms with Crippen LogP contribution < -0.4 is 16.4 Å². The van der Waals surface area contributed by atoms with Crippen molar-refractivity contribution in [2.45, 2.75) is 57.2 Å². The van der Waals surface area contributed by atoms with Gasteiger partial charge < -0.3 is 21.5 Å². The average molecular weight is 362 g/mol. The lowest BCUT2D eigenvalue weighted by Crippen LogP contribution is -2.39. The second kappa shape index (κ2) is 12.1. The molecule has 3 atom stereocenters. The molecular formula is C16H31N3O4S. The number of hydrogen-bond acceptors (Lipinski definition) is 5. The maximum atomic E-state index is 12.3. The van der Waals surface area contributed by atoms with Gasteiger partial charge in [-0.1, -0.05) is 13.8 Å². The summed E-state index contributed by atoms with van der Waals surface area (Å²) in [6.45, 7) is 4.45. The summed E-state index contributed by atoms with van der Waals surface area (Å²) in [5.41, 5.74) is 5.69. The Kier molecular flexibility index (Phi) is 11.5. The van der Waals surface area contributed by atoms with Crippen molar-refractivity contribution >= 4 is 30.4 Å². The first kappa shape index (κ1) is 22.7. The van der Waals surface area contributed by atoms with Crippen molar-refractivity contribution in [2.24, 2.45) is 17.6 Å². The number of unbranched alkanes of at least 4 members (excludes halogenated alkanes) is 1. The van der Waals surface area contributed by atoms with Crippen molar-refractivity contribution in [3.63, 3.8) is 0 Å². The summed E-state index contributed by atoms with van der Waals surface area (Å²) in [4.78, 5) is 34.4. The number of thiol groups is 1. The maximum Gasteiger partial charge on any atom is 0.304 e. The van der Waals surface area contributed by atoms with Gasteiger partial charge in [-0.15, -0.1) is 0 Å². The SMILES string of the molecule is CNC(=O)[C@@H](N)CCCCNC(=O)C(CC(C)C)C(S)CC(=O)O. The Morgan fingerprint density at radius 1 is 1.17 bits per heavy atom. The maximum absolute atomic E-state index is 12.3. The van der Waals surface area contributed by atoms with Gasteiger partial charge in [0.2, 0.25) is 11.8 Å². The first-order valence-corrected chi connectivity index (χ1v) is 8.85. The van der Waals surface area contributed by atoms with E-state index >= 15 is 0 Å². The van der Waals surface area contributed by atoms with Gasteiger partial charge in [-0.3, -0.25) is 14.4 Å². The molecule has 0 aliphatic rings. The highest BCUT2D eigenvalue weighted by Gasteiger charge is 2.28. The lowest BCUT2D eigenvalue weighted by Gasteiger charge is -2.23. The monoisotopic (exact) mass is 361 g/mol. The van der Waals surface area contributed by atoms with Gasteiger partial charge in [0.1, 0.15) is 0 Å². The molecule has 5 N–H and O–H groups in total. The Bertz CT molecular complexity index is 418. The van der Waals surface area contributed by atoms with Crippen LogP contribution in [0, 0.1) is 11.8 Å². The van der Waals surface area contributed by atoms with Gasteiger partial charge in [0.05, 0.1) is 18.4 Å². The fraction of sp³-hybridized carbons (Fsp3) is 0.812. The highest BCUT2D eigenvalue weighted by atomic mass is 32.1. The van der Waals surface area contributed by atoms with E-state index in [2.05, 4.69) is 23.3 Å². The summed E-state index contributed by atoms with van der Waals surface area (Å²) in [5, 5.41) is 13.7. The molecule has 0 bridgehead atoms. The molecule has 0 aromatic heterocycles. The Morgan fingerprint density at radius 2 is 1.79 bits per heavy atom. The molecule has 0 fully saturated rings. The number of carbonyl (C=O) groups is 3. The van der Waals surface area contributed by atoms with Crippen molar-refractivity contribution in [3.8, 4) is 0 Å². The molecule has 0 heterocycles. The zero-order valence-corrected chi connectivity index (χ0v) is 15.6. The molecule has 24 heavy (non-hydrogen) atoms. The minimum Gasteiger partial charge on any atom is -0.481 e. The largest absolute Gasteiger partial charge is 0.481 e. The van der Waals surface area contributed by atoms with Crippen molar-refractivity contribution < 1.29 is 19.5 Å². The molecule has 0 aromatic carbocycles. The molecule has 0 aliphatic carbocycles. The molecule has 0 aromatic rings. The molecule has 0 spiro atoms. The second-order valence-corrected chi connectivity index (χ2v) is 7.07. The molecule has 0 rings (SSSR count). The van der Waals surface area contributed by atoms with Gasteiger partial charge in [-0.2, -0.15) is 12.6 Å². The van der Waals surface area contributed by atoms with Crippen molar-refractivity contribution in [3.05, 3.63) is 0 Å². The second-order valence-electron chi connectivity index (χ2n) is 6.41. The van der Waals surface area contributed by atoms with Crippen molar-refractivity contribution in [2.75, 3.05) is 13.6 Å². The van der Waals surface area contributed by atoms with E-state index in [4.69, 9.17) is 10.8 Å². The zero-order valence-electron chi connectivity index (χ0n) is 14.7. The van der Waals surface area contributed by atoms with Crippen LogP contribution in [0.15, 0.2) is 0 Å². The third-order valence-corrected chi connectivity index (χ3v) is 4.28. The first-order chi connectivity index (χ1) is 11.2. The third kappa shape index (κ3) is 9.77. The van der Waals surface area contributed by atoms with E-state index in [-0.39, 0.29) is 24.2 Å². The average Bonchev–Trinajstić information content (AvgIpc) is 2.49. The lowest BCUT2D eigenvalue weighted by molar-refractivity contribution is -0.137. The van der Waals surface area contributed by atoms with E-state index in [0.717, 1.165) is 6.42 Å². The van der Waals surface area contributed by atoms with Crippen LogP contribution in [0.4, 0.5) is 0 Å². The summed E-state index contributed by atoms with van der Waals surface area (Å²) < 4.78 is 0. The van der Waals surface area contributed by atoms with Gasteiger partial charge in [-0.25, -0.2) is 0 Å². The third-order valence-electron chi connectivity index (χ3n) is 3.73. The number of carboxylic acids is 1. The van der Waals surface area contributed by atoms with Crippen LogP contribution in [-0.4, -0.2) is 47.8 Å². The number of nitrogens with one attached hydrogen (secondary N) is 2. The number of likely N-dealkylation sites (N-methyl/N-ethyl adjacent to an activating group) is 1. The number of aliphatic carboxylic acids is 1. The predicted octanol–water partition coefficient (Wildman–Crippen LogP) is 0.782. The summed E-state index contributed by atoms with van der Waals surface area (Å²) in [7, 11) is 1.54. The van der Waals surface area contributed by atoms with Gasteiger partial charge in [0.15, 0.2) is 0 Å². The van der Waals surface area contributed by atoms with E-state index in [9.17, 15) is 14.4 Å². The van der Waals surface area contributed by atoms with E-state index in [1.165, 1.54) is 0 Å². The van der Waals surface area contributed by atoms with E-state index < -0.39 is 23.2 Å². The first-order valence-electron chi connectivity index (χ1n) is 8.33. The predicted molar refractivity (Wildman–Crippen MR) is 96.9 cm³/mol. The fourth-order valence-electron chi connectivity index (χ4n) is 2.42. The number of nitrogens with two attached hydrogens (primary N) is 1. The summed E-state index contributed by atoms with van der Waals surface area (Å²) >= 11 is 4.30. The molecule has 7 nitrogen and oxygen atoms in total. The Hall–Kier alpha value is -1.28. The number of hydrogen-bond donors (Lipinski definition) is 5. The quantitative estimate of drug-likeness (QED) is 0.260. The molecule has 2 amide bonds. The van der Waals surface area contributed by atoms with Gasteiger partial charge in [0, 0.05) is 18.8 Å². The molecule has 0 saturated heterocycles. The van der Waals surface area contributed by atoms with E-state index in [1.54, 1.807) is 7.05 Å². The molecule has 0 saturated carbocycles.